The third kappa shape index (κ3) is 2.27. The van der Waals surface area contributed by atoms with Crippen LogP contribution in [0, 0.1) is 0 Å². The van der Waals surface area contributed by atoms with Gasteiger partial charge in [0.1, 0.15) is 5.75 Å². The number of aromatic carboxylic acids is 1. The van der Waals surface area contributed by atoms with Crippen molar-refractivity contribution in [1.82, 2.24) is 5.16 Å². The number of ether oxygens (including phenoxy) is 1. The van der Waals surface area contributed by atoms with Gasteiger partial charge in [-0.25, -0.2) is 4.79 Å². The van der Waals surface area contributed by atoms with E-state index in [-0.39, 0.29) is 16.5 Å². The standard InChI is InChI=1S/C11H7Cl2NO4/c1-17-9-3-5(12)2-6(10(9)13)8-4-7(11(15)16)14-18-8/h2-4H,1H3,(H,15,16). The average molecular weight is 288 g/mol. The Hall–Kier alpha value is -1.72. The number of carbonyl (C=O) groups is 1. The average Bonchev–Trinajstić information content (AvgIpc) is 2.81. The lowest BCUT2D eigenvalue weighted by Crippen LogP contribution is -1.94. The van der Waals surface area contributed by atoms with Crippen LogP contribution in [-0.4, -0.2) is 23.3 Å². The van der Waals surface area contributed by atoms with Crippen molar-refractivity contribution in [2.45, 2.75) is 0 Å². The maximum absolute atomic E-state index is 10.7. The van der Waals surface area contributed by atoms with Gasteiger partial charge in [0.25, 0.3) is 0 Å². The van der Waals surface area contributed by atoms with Crippen molar-refractivity contribution in [3.63, 3.8) is 0 Å². The number of halogens is 2. The number of methoxy groups -OCH3 is 1. The SMILES string of the molecule is COc1cc(Cl)cc(-c2cc(C(=O)O)no2)c1Cl. The van der Waals surface area contributed by atoms with Crippen LogP contribution in [0.4, 0.5) is 0 Å². The van der Waals surface area contributed by atoms with Crippen LogP contribution in [0.1, 0.15) is 10.5 Å². The molecule has 0 aliphatic heterocycles. The first-order valence-corrected chi connectivity index (χ1v) is 5.52. The lowest BCUT2D eigenvalue weighted by Gasteiger charge is -2.07. The van der Waals surface area contributed by atoms with Crippen LogP contribution in [0.5, 0.6) is 5.75 Å². The number of benzene rings is 1. The van der Waals surface area contributed by atoms with Crippen molar-refractivity contribution in [2.24, 2.45) is 0 Å². The molecule has 0 spiro atoms. The number of hydrogen-bond donors (Lipinski definition) is 1. The number of aromatic nitrogens is 1. The fourth-order valence-electron chi connectivity index (χ4n) is 1.40. The lowest BCUT2D eigenvalue weighted by molar-refractivity contribution is 0.0686. The Bertz CT molecular complexity index is 609. The van der Waals surface area contributed by atoms with E-state index in [1.807, 2.05) is 0 Å². The quantitative estimate of drug-likeness (QED) is 0.937. The Morgan fingerprint density at radius 3 is 2.67 bits per heavy atom. The molecule has 18 heavy (non-hydrogen) atoms. The van der Waals surface area contributed by atoms with Crippen LogP contribution in [0.25, 0.3) is 11.3 Å². The zero-order valence-corrected chi connectivity index (χ0v) is 10.6. The number of carboxylic acid groups (broad SMARTS) is 1. The molecule has 1 aromatic carbocycles. The first-order valence-electron chi connectivity index (χ1n) is 4.76. The molecule has 5 nitrogen and oxygen atoms in total. The predicted molar refractivity (Wildman–Crippen MR) is 65.5 cm³/mol. The minimum Gasteiger partial charge on any atom is -0.495 e. The van der Waals surface area contributed by atoms with Gasteiger partial charge in [-0.3, -0.25) is 0 Å². The summed E-state index contributed by atoms with van der Waals surface area (Å²) in [6.45, 7) is 0. The Balaban J connectivity index is 2.55. The van der Waals surface area contributed by atoms with Crippen LogP contribution in [0.3, 0.4) is 0 Å². The fourth-order valence-corrected chi connectivity index (χ4v) is 1.88. The molecule has 94 valence electrons. The van der Waals surface area contributed by atoms with Crippen molar-refractivity contribution in [2.75, 3.05) is 7.11 Å². The first-order chi connectivity index (χ1) is 8.52. The second kappa shape index (κ2) is 4.88. The van der Waals surface area contributed by atoms with Gasteiger partial charge in [-0.05, 0) is 6.07 Å². The molecule has 0 aliphatic carbocycles. The number of carboxylic acids is 1. The van der Waals surface area contributed by atoms with E-state index in [2.05, 4.69) is 5.16 Å². The lowest BCUT2D eigenvalue weighted by atomic mass is 10.1. The molecule has 0 aliphatic rings. The maximum Gasteiger partial charge on any atom is 0.358 e. The van der Waals surface area contributed by atoms with Gasteiger partial charge in [-0.2, -0.15) is 0 Å². The smallest absolute Gasteiger partial charge is 0.358 e. The predicted octanol–water partition coefficient (Wildman–Crippen LogP) is 3.36. The molecule has 0 fully saturated rings. The summed E-state index contributed by atoms with van der Waals surface area (Å²) in [5, 5.41) is 12.8. The molecular weight excluding hydrogens is 281 g/mol. The van der Waals surface area contributed by atoms with Gasteiger partial charge in [0.15, 0.2) is 11.5 Å². The second-order valence-electron chi connectivity index (χ2n) is 3.35. The molecule has 7 heteroatoms. The Morgan fingerprint density at radius 1 is 1.39 bits per heavy atom. The third-order valence-corrected chi connectivity index (χ3v) is 2.83. The summed E-state index contributed by atoms with van der Waals surface area (Å²) >= 11 is 12.0. The molecule has 2 aromatic rings. The van der Waals surface area contributed by atoms with E-state index in [1.54, 1.807) is 12.1 Å². The first kappa shape index (κ1) is 12.7. The molecule has 0 saturated heterocycles. The van der Waals surface area contributed by atoms with Crippen LogP contribution in [0.2, 0.25) is 10.0 Å². The summed E-state index contributed by atoms with van der Waals surface area (Å²) in [4.78, 5) is 10.7. The topological polar surface area (TPSA) is 72.6 Å². The maximum atomic E-state index is 10.7. The van der Waals surface area contributed by atoms with Crippen LogP contribution in [-0.2, 0) is 0 Å². The van der Waals surface area contributed by atoms with Crippen LogP contribution >= 0.6 is 23.2 Å². The van der Waals surface area contributed by atoms with Gasteiger partial charge < -0.3 is 14.4 Å². The van der Waals surface area contributed by atoms with Crippen molar-refractivity contribution in [3.05, 3.63) is 33.9 Å². The van der Waals surface area contributed by atoms with E-state index in [1.165, 1.54) is 13.2 Å². The Morgan fingerprint density at radius 2 is 2.11 bits per heavy atom. The van der Waals surface area contributed by atoms with E-state index in [4.69, 9.17) is 37.6 Å². The highest BCUT2D eigenvalue weighted by atomic mass is 35.5. The summed E-state index contributed by atoms with van der Waals surface area (Å²) in [6, 6.07) is 4.35. The van der Waals surface area contributed by atoms with Gasteiger partial charge in [-0.1, -0.05) is 28.4 Å². The molecule has 0 unspecified atom stereocenters. The minimum absolute atomic E-state index is 0.207. The molecule has 1 N–H and O–H groups in total. The number of nitrogens with zero attached hydrogens (tertiary/aromatic N) is 1. The van der Waals surface area contributed by atoms with E-state index >= 15 is 0 Å². The Labute approximate surface area is 112 Å². The molecule has 1 heterocycles. The molecule has 0 radical (unpaired) electrons. The monoisotopic (exact) mass is 287 g/mol. The fraction of sp³-hybridized carbons (Fsp3) is 0.0909. The van der Waals surface area contributed by atoms with Gasteiger partial charge in [0.2, 0.25) is 0 Å². The highest BCUT2D eigenvalue weighted by molar-refractivity contribution is 6.36. The van der Waals surface area contributed by atoms with Crippen molar-refractivity contribution < 1.29 is 19.2 Å². The van der Waals surface area contributed by atoms with Crippen molar-refractivity contribution >= 4 is 29.2 Å². The molecule has 0 amide bonds. The van der Waals surface area contributed by atoms with Gasteiger partial charge in [-0.15, -0.1) is 0 Å². The van der Waals surface area contributed by atoms with Crippen molar-refractivity contribution in [3.8, 4) is 17.1 Å². The summed E-state index contributed by atoms with van der Waals surface area (Å²) in [7, 11) is 1.45. The number of hydrogen-bond acceptors (Lipinski definition) is 4. The third-order valence-electron chi connectivity index (χ3n) is 2.22. The van der Waals surface area contributed by atoms with E-state index in [9.17, 15) is 4.79 Å². The largest absolute Gasteiger partial charge is 0.495 e. The minimum atomic E-state index is -1.19. The Kier molecular flexibility index (Phi) is 3.45. The summed E-state index contributed by atoms with van der Waals surface area (Å²) in [5.41, 5.74) is 0.209. The molecular formula is C11H7Cl2NO4. The summed E-state index contributed by atoms with van der Waals surface area (Å²) in [5.74, 6) is -0.610. The van der Waals surface area contributed by atoms with Crippen LogP contribution in [0.15, 0.2) is 22.7 Å². The van der Waals surface area contributed by atoms with E-state index in [0.717, 1.165) is 0 Å². The molecule has 0 atom stereocenters. The molecule has 0 saturated carbocycles. The second-order valence-corrected chi connectivity index (χ2v) is 4.17. The van der Waals surface area contributed by atoms with Gasteiger partial charge in [0, 0.05) is 22.7 Å². The van der Waals surface area contributed by atoms with Crippen LogP contribution < -0.4 is 4.74 Å². The zero-order valence-electron chi connectivity index (χ0n) is 9.11. The highest BCUT2D eigenvalue weighted by Gasteiger charge is 2.17. The molecule has 2 rings (SSSR count). The molecule has 1 aromatic heterocycles. The molecule has 0 bridgehead atoms. The highest BCUT2D eigenvalue weighted by Crippen LogP contribution is 2.38. The summed E-state index contributed by atoms with van der Waals surface area (Å²) < 4.78 is 9.97. The van der Waals surface area contributed by atoms with Crippen molar-refractivity contribution in [1.29, 1.82) is 0 Å². The normalized spacial score (nSPS) is 10.4. The van der Waals surface area contributed by atoms with Gasteiger partial charge in [0.05, 0.1) is 12.1 Å². The zero-order chi connectivity index (χ0) is 13.3. The van der Waals surface area contributed by atoms with E-state index < -0.39 is 5.97 Å². The van der Waals surface area contributed by atoms with E-state index in [0.29, 0.717) is 16.3 Å². The summed E-state index contributed by atoms with van der Waals surface area (Å²) in [6.07, 6.45) is 0. The van der Waals surface area contributed by atoms with Gasteiger partial charge >= 0.3 is 5.97 Å². The number of rotatable bonds is 3.